The average molecular weight is 159 g/mol. The van der Waals surface area contributed by atoms with Gasteiger partial charge in [0.05, 0.1) is 0 Å². The molecule has 0 rings (SSSR count). The molecule has 11 heavy (non-hydrogen) atoms. The zero-order chi connectivity index (χ0) is 8.85. The quantitative estimate of drug-likeness (QED) is 0.450. The molecule has 64 valence electrons. The second kappa shape index (κ2) is 4.82. The molecule has 1 unspecified atom stereocenters. The molecular weight excluding hydrogens is 146 g/mol. The van der Waals surface area contributed by atoms with Gasteiger partial charge in [0.1, 0.15) is 0 Å². The maximum atomic E-state index is 10.9. The van der Waals surface area contributed by atoms with Gasteiger partial charge in [-0.15, -0.1) is 0 Å². The summed E-state index contributed by atoms with van der Waals surface area (Å²) < 4.78 is 0. The lowest BCUT2D eigenvalue weighted by molar-refractivity contribution is -0.503. The van der Waals surface area contributed by atoms with E-state index in [1.807, 2.05) is 6.92 Å². The zero-order valence-corrected chi connectivity index (χ0v) is 6.87. The second-order valence-corrected chi connectivity index (χ2v) is 2.53. The van der Waals surface area contributed by atoms with Gasteiger partial charge in [0, 0.05) is 18.3 Å². The van der Waals surface area contributed by atoms with Gasteiger partial charge in [-0.2, -0.15) is 0 Å². The number of nitro groups is 1. The normalized spacial score (nSPS) is 12.5. The Morgan fingerprint density at radius 3 is 2.55 bits per heavy atom. The maximum Gasteiger partial charge on any atom is 0.267 e. The van der Waals surface area contributed by atoms with Crippen LogP contribution in [0.5, 0.6) is 0 Å². The van der Waals surface area contributed by atoms with E-state index in [0.29, 0.717) is 6.42 Å². The predicted molar refractivity (Wildman–Crippen MR) is 41.0 cm³/mol. The van der Waals surface area contributed by atoms with Crippen molar-refractivity contribution in [2.75, 3.05) is 0 Å². The predicted octanol–water partition coefficient (Wildman–Crippen LogP) is 1.41. The molecule has 1 atom stereocenters. The zero-order valence-electron chi connectivity index (χ0n) is 6.87. The van der Waals surface area contributed by atoms with Crippen molar-refractivity contribution in [3.63, 3.8) is 0 Å². The van der Waals surface area contributed by atoms with Crippen molar-refractivity contribution in [2.45, 2.75) is 39.2 Å². The molecule has 0 fully saturated rings. The summed E-state index contributed by atoms with van der Waals surface area (Å²) in [5.74, 6) is -0.267. The minimum Gasteiger partial charge on any atom is -0.292 e. The molecule has 0 saturated heterocycles. The van der Waals surface area contributed by atoms with Crippen LogP contribution in [-0.4, -0.2) is 16.7 Å². The second-order valence-electron chi connectivity index (χ2n) is 2.53. The first kappa shape index (κ1) is 10.1. The molecule has 0 saturated carbocycles. The summed E-state index contributed by atoms with van der Waals surface area (Å²) in [4.78, 5) is 20.4. The van der Waals surface area contributed by atoms with Gasteiger partial charge in [-0.25, -0.2) is 0 Å². The molecule has 0 bridgehead atoms. The number of nitrogens with zero attached hydrogens (tertiary/aromatic N) is 1. The fourth-order valence-corrected chi connectivity index (χ4v) is 0.677. The van der Waals surface area contributed by atoms with Crippen molar-refractivity contribution in [3.05, 3.63) is 10.1 Å². The lowest BCUT2D eigenvalue weighted by atomic mass is 10.1. The Morgan fingerprint density at radius 1 is 1.64 bits per heavy atom. The number of ketones is 1. The number of rotatable bonds is 5. The van der Waals surface area contributed by atoms with Crippen LogP contribution in [0.1, 0.15) is 33.1 Å². The van der Waals surface area contributed by atoms with Crippen LogP contribution in [0.2, 0.25) is 0 Å². The first-order valence-electron chi connectivity index (χ1n) is 3.75. The number of hydrogen-bond donors (Lipinski definition) is 0. The highest BCUT2D eigenvalue weighted by Gasteiger charge is 2.21. The van der Waals surface area contributed by atoms with Crippen molar-refractivity contribution in [3.8, 4) is 0 Å². The largest absolute Gasteiger partial charge is 0.292 e. The third-order valence-electron chi connectivity index (χ3n) is 1.56. The fourth-order valence-electron chi connectivity index (χ4n) is 0.677. The number of unbranched alkanes of at least 4 members (excludes halogenated alkanes) is 1. The summed E-state index contributed by atoms with van der Waals surface area (Å²) in [6.07, 6.45) is 1.98. The lowest BCUT2D eigenvalue weighted by Gasteiger charge is -2.00. The first-order valence-corrected chi connectivity index (χ1v) is 3.75. The first-order chi connectivity index (χ1) is 5.09. The molecular formula is C7H13NO3. The number of carbonyl (C=O) groups is 1. The maximum absolute atomic E-state index is 10.9. The van der Waals surface area contributed by atoms with E-state index in [4.69, 9.17) is 0 Å². The Bertz CT molecular complexity index is 156. The van der Waals surface area contributed by atoms with Crippen LogP contribution in [0.3, 0.4) is 0 Å². The Balaban J connectivity index is 3.74. The number of carbonyl (C=O) groups excluding carboxylic acids is 1. The molecule has 4 heteroatoms. The minimum absolute atomic E-state index is 0.267. The van der Waals surface area contributed by atoms with Crippen LogP contribution in [0, 0.1) is 10.1 Å². The van der Waals surface area contributed by atoms with E-state index in [-0.39, 0.29) is 5.78 Å². The molecule has 0 heterocycles. The molecule has 0 amide bonds. The van der Waals surface area contributed by atoms with E-state index < -0.39 is 11.0 Å². The lowest BCUT2D eigenvalue weighted by Crippen LogP contribution is -2.25. The summed E-state index contributed by atoms with van der Waals surface area (Å²) in [5.41, 5.74) is 0. The molecule has 0 aliphatic rings. The smallest absolute Gasteiger partial charge is 0.267 e. The Morgan fingerprint density at radius 2 is 2.18 bits per heavy atom. The SMILES string of the molecule is CCCCC(=O)C(C)[N+](=O)[O-]. The van der Waals surface area contributed by atoms with Crippen molar-refractivity contribution in [1.82, 2.24) is 0 Å². The third-order valence-corrected chi connectivity index (χ3v) is 1.56. The van der Waals surface area contributed by atoms with Gasteiger partial charge in [0.2, 0.25) is 5.78 Å². The molecule has 0 aromatic heterocycles. The number of Topliss-reactive ketones (excluding diaryl/α,β-unsaturated/α-hetero) is 1. The van der Waals surface area contributed by atoms with E-state index in [1.54, 1.807) is 0 Å². The molecule has 0 aromatic rings. The van der Waals surface area contributed by atoms with E-state index in [2.05, 4.69) is 0 Å². The highest BCUT2D eigenvalue weighted by atomic mass is 16.6. The summed E-state index contributed by atoms with van der Waals surface area (Å²) in [5, 5.41) is 10.1. The Hall–Kier alpha value is -0.930. The fraction of sp³-hybridized carbons (Fsp3) is 0.857. The van der Waals surface area contributed by atoms with Crippen LogP contribution in [0.4, 0.5) is 0 Å². The van der Waals surface area contributed by atoms with Gasteiger partial charge in [0.15, 0.2) is 0 Å². The molecule has 0 aromatic carbocycles. The van der Waals surface area contributed by atoms with Gasteiger partial charge < -0.3 is 0 Å². The highest BCUT2D eigenvalue weighted by Crippen LogP contribution is 2.00. The van der Waals surface area contributed by atoms with Gasteiger partial charge in [-0.1, -0.05) is 13.3 Å². The summed E-state index contributed by atoms with van der Waals surface area (Å²) >= 11 is 0. The van der Waals surface area contributed by atoms with E-state index in [9.17, 15) is 14.9 Å². The summed E-state index contributed by atoms with van der Waals surface area (Å²) in [6, 6.07) is -1.03. The van der Waals surface area contributed by atoms with Crippen LogP contribution >= 0.6 is 0 Å². The summed E-state index contributed by atoms with van der Waals surface area (Å²) in [7, 11) is 0. The standard InChI is InChI=1S/C7H13NO3/c1-3-4-5-7(9)6(2)8(10)11/h6H,3-5H2,1-2H3. The van der Waals surface area contributed by atoms with Gasteiger partial charge in [0.25, 0.3) is 6.04 Å². The Labute approximate surface area is 65.7 Å². The molecule has 4 nitrogen and oxygen atoms in total. The average Bonchev–Trinajstić information content (AvgIpc) is 1.98. The van der Waals surface area contributed by atoms with Crippen LogP contribution in [-0.2, 0) is 4.79 Å². The number of hydrogen-bond acceptors (Lipinski definition) is 3. The van der Waals surface area contributed by atoms with E-state index >= 15 is 0 Å². The minimum atomic E-state index is -1.03. The van der Waals surface area contributed by atoms with Crippen molar-refractivity contribution >= 4 is 5.78 Å². The monoisotopic (exact) mass is 159 g/mol. The van der Waals surface area contributed by atoms with Gasteiger partial charge in [-0.3, -0.25) is 14.9 Å². The topological polar surface area (TPSA) is 60.2 Å². The van der Waals surface area contributed by atoms with E-state index in [1.165, 1.54) is 6.92 Å². The Kier molecular flexibility index (Phi) is 4.41. The van der Waals surface area contributed by atoms with Gasteiger partial charge >= 0.3 is 0 Å². The van der Waals surface area contributed by atoms with Crippen LogP contribution in [0.25, 0.3) is 0 Å². The highest BCUT2D eigenvalue weighted by molar-refractivity contribution is 5.82. The van der Waals surface area contributed by atoms with Crippen LogP contribution < -0.4 is 0 Å². The van der Waals surface area contributed by atoms with Gasteiger partial charge in [-0.05, 0) is 6.42 Å². The van der Waals surface area contributed by atoms with E-state index in [0.717, 1.165) is 12.8 Å². The van der Waals surface area contributed by atoms with Crippen LogP contribution in [0.15, 0.2) is 0 Å². The third kappa shape index (κ3) is 3.70. The van der Waals surface area contributed by atoms with Crippen molar-refractivity contribution < 1.29 is 9.72 Å². The van der Waals surface area contributed by atoms with Crippen molar-refractivity contribution in [1.29, 1.82) is 0 Å². The molecule has 0 aliphatic carbocycles. The molecule has 0 radical (unpaired) electrons. The summed E-state index contributed by atoms with van der Waals surface area (Å²) in [6.45, 7) is 3.28. The molecule has 0 aliphatic heterocycles. The van der Waals surface area contributed by atoms with Crippen molar-refractivity contribution in [2.24, 2.45) is 0 Å². The molecule has 0 spiro atoms. The molecule has 0 N–H and O–H groups in total.